The molecule has 1 heterocycles. The van der Waals surface area contributed by atoms with Crippen molar-refractivity contribution in [1.82, 2.24) is 9.62 Å². The first-order valence-electron chi connectivity index (χ1n) is 10.5. The third-order valence-corrected chi connectivity index (χ3v) is 7.81. The number of carbonyl (C=O) groups is 2. The number of hydrogen-bond acceptors (Lipinski definition) is 5. The first kappa shape index (κ1) is 23.7. The van der Waals surface area contributed by atoms with Crippen molar-refractivity contribution in [3.63, 3.8) is 0 Å². The molecule has 32 heavy (non-hydrogen) atoms. The van der Waals surface area contributed by atoms with Gasteiger partial charge in [-0.2, -0.15) is 4.31 Å². The number of nitrogens with zero attached hydrogens (tertiary/aromatic N) is 1. The number of amides is 2. The van der Waals surface area contributed by atoms with Gasteiger partial charge in [0.2, 0.25) is 10.0 Å². The minimum atomic E-state index is -3.73. The second-order valence-electron chi connectivity index (χ2n) is 8.00. The molecule has 3 rings (SSSR count). The molecule has 2 N–H and O–H groups in total. The lowest BCUT2D eigenvalue weighted by molar-refractivity contribution is -0.136. The molecule has 2 aromatic rings. The van der Waals surface area contributed by atoms with Gasteiger partial charge in [0, 0.05) is 19.1 Å². The SMILES string of the molecule is COc1ccccc1NC(=O)C(=O)NCC1CCCN1S(=O)(=O)c1c(C)cc(C)cc1C. The summed E-state index contributed by atoms with van der Waals surface area (Å²) in [5, 5.41) is 5.09. The Morgan fingerprint density at radius 2 is 1.75 bits per heavy atom. The second kappa shape index (κ2) is 9.70. The minimum absolute atomic E-state index is 0.0569. The Morgan fingerprint density at radius 1 is 1.09 bits per heavy atom. The molecular formula is C23H29N3O5S. The third kappa shape index (κ3) is 4.94. The number of aryl methyl sites for hydroxylation is 3. The zero-order valence-electron chi connectivity index (χ0n) is 18.8. The lowest BCUT2D eigenvalue weighted by Crippen LogP contribution is -2.45. The van der Waals surface area contributed by atoms with E-state index in [1.165, 1.54) is 11.4 Å². The number of sulfonamides is 1. The standard InChI is InChI=1S/C23H29N3O5S/c1-15-12-16(2)21(17(3)13-15)32(29,30)26-11-7-8-18(26)14-24-22(27)23(28)25-19-9-5-6-10-20(19)31-4/h5-6,9-10,12-13,18H,7-8,11,14H2,1-4H3,(H,24,27)(H,25,28). The molecule has 1 aliphatic rings. The third-order valence-electron chi connectivity index (χ3n) is 5.55. The smallest absolute Gasteiger partial charge is 0.313 e. The van der Waals surface area contributed by atoms with Crippen molar-refractivity contribution >= 4 is 27.5 Å². The highest BCUT2D eigenvalue weighted by Crippen LogP contribution is 2.30. The van der Waals surface area contributed by atoms with Crippen molar-refractivity contribution in [3.05, 3.63) is 53.1 Å². The fourth-order valence-corrected chi connectivity index (χ4v) is 6.35. The average Bonchev–Trinajstić information content (AvgIpc) is 3.21. The van der Waals surface area contributed by atoms with E-state index >= 15 is 0 Å². The quantitative estimate of drug-likeness (QED) is 0.646. The molecule has 0 spiro atoms. The predicted octanol–water partition coefficient (Wildman–Crippen LogP) is 2.53. The van der Waals surface area contributed by atoms with E-state index in [1.807, 2.05) is 19.1 Å². The van der Waals surface area contributed by atoms with Crippen molar-refractivity contribution in [2.45, 2.75) is 44.6 Å². The van der Waals surface area contributed by atoms with Crippen LogP contribution >= 0.6 is 0 Å². The van der Waals surface area contributed by atoms with Crippen LogP contribution < -0.4 is 15.4 Å². The molecule has 2 aromatic carbocycles. The van der Waals surface area contributed by atoms with Gasteiger partial charge in [0.25, 0.3) is 0 Å². The molecule has 0 aliphatic carbocycles. The highest BCUT2D eigenvalue weighted by atomic mass is 32.2. The van der Waals surface area contributed by atoms with Gasteiger partial charge in [0.15, 0.2) is 0 Å². The van der Waals surface area contributed by atoms with Crippen LogP contribution in [0.5, 0.6) is 5.75 Å². The fourth-order valence-electron chi connectivity index (χ4n) is 4.24. The second-order valence-corrected chi connectivity index (χ2v) is 9.83. The van der Waals surface area contributed by atoms with Crippen LogP contribution in [0.25, 0.3) is 0 Å². The zero-order valence-corrected chi connectivity index (χ0v) is 19.6. The van der Waals surface area contributed by atoms with Gasteiger partial charge in [-0.15, -0.1) is 0 Å². The summed E-state index contributed by atoms with van der Waals surface area (Å²) in [5.74, 6) is -1.24. The van der Waals surface area contributed by atoms with Crippen molar-refractivity contribution in [2.24, 2.45) is 0 Å². The van der Waals surface area contributed by atoms with E-state index in [2.05, 4.69) is 10.6 Å². The maximum absolute atomic E-state index is 13.4. The molecule has 2 amide bonds. The summed E-state index contributed by atoms with van der Waals surface area (Å²) in [7, 11) is -2.26. The molecule has 0 aromatic heterocycles. The van der Waals surface area contributed by atoms with E-state index < -0.39 is 27.9 Å². The Kier molecular flexibility index (Phi) is 7.20. The topological polar surface area (TPSA) is 105 Å². The summed E-state index contributed by atoms with van der Waals surface area (Å²) < 4.78 is 33.4. The Hall–Kier alpha value is -2.91. The van der Waals surface area contributed by atoms with Gasteiger partial charge in [0.1, 0.15) is 5.75 Å². The van der Waals surface area contributed by atoms with Gasteiger partial charge < -0.3 is 15.4 Å². The summed E-state index contributed by atoms with van der Waals surface area (Å²) >= 11 is 0. The molecule has 0 bridgehead atoms. The van der Waals surface area contributed by atoms with E-state index in [1.54, 1.807) is 38.1 Å². The van der Waals surface area contributed by atoms with E-state index in [9.17, 15) is 18.0 Å². The van der Waals surface area contributed by atoms with Crippen molar-refractivity contribution in [1.29, 1.82) is 0 Å². The minimum Gasteiger partial charge on any atom is -0.495 e. The van der Waals surface area contributed by atoms with Gasteiger partial charge >= 0.3 is 11.8 Å². The van der Waals surface area contributed by atoms with Crippen LogP contribution in [-0.2, 0) is 19.6 Å². The van der Waals surface area contributed by atoms with Gasteiger partial charge in [0.05, 0.1) is 17.7 Å². The van der Waals surface area contributed by atoms with Crippen molar-refractivity contribution in [3.8, 4) is 5.75 Å². The Labute approximate surface area is 189 Å². The lowest BCUT2D eigenvalue weighted by Gasteiger charge is -2.26. The van der Waals surface area contributed by atoms with Gasteiger partial charge in [-0.3, -0.25) is 9.59 Å². The summed E-state index contributed by atoms with van der Waals surface area (Å²) in [6, 6.07) is 10.1. The number of hydrogen-bond donors (Lipinski definition) is 2. The number of benzene rings is 2. The van der Waals surface area contributed by atoms with Crippen LogP contribution in [0.2, 0.25) is 0 Å². The first-order valence-corrected chi connectivity index (χ1v) is 11.9. The Bertz CT molecular complexity index is 1110. The van der Waals surface area contributed by atoms with Gasteiger partial charge in [-0.25, -0.2) is 8.42 Å². The molecule has 1 saturated heterocycles. The largest absolute Gasteiger partial charge is 0.495 e. The monoisotopic (exact) mass is 459 g/mol. The molecule has 9 heteroatoms. The predicted molar refractivity (Wildman–Crippen MR) is 122 cm³/mol. The highest BCUT2D eigenvalue weighted by Gasteiger charge is 2.37. The van der Waals surface area contributed by atoms with Crippen molar-refractivity contribution in [2.75, 3.05) is 25.5 Å². The molecular weight excluding hydrogens is 430 g/mol. The van der Waals surface area contributed by atoms with E-state index in [0.29, 0.717) is 46.8 Å². The first-order chi connectivity index (χ1) is 15.1. The van der Waals surface area contributed by atoms with Crippen molar-refractivity contribution < 1.29 is 22.7 Å². The maximum atomic E-state index is 13.4. The van der Waals surface area contributed by atoms with E-state index in [0.717, 1.165) is 5.56 Å². The Balaban J connectivity index is 1.69. The maximum Gasteiger partial charge on any atom is 0.313 e. The zero-order chi connectivity index (χ0) is 23.5. The molecule has 8 nitrogen and oxygen atoms in total. The van der Waals surface area contributed by atoms with Gasteiger partial charge in [-0.05, 0) is 56.9 Å². The number of anilines is 1. The number of ether oxygens (including phenoxy) is 1. The molecule has 1 aliphatic heterocycles. The summed E-state index contributed by atoms with van der Waals surface area (Å²) in [5.41, 5.74) is 2.79. The van der Waals surface area contributed by atoms with E-state index in [4.69, 9.17) is 4.74 Å². The number of methoxy groups -OCH3 is 1. The molecule has 1 fully saturated rings. The summed E-state index contributed by atoms with van der Waals surface area (Å²) in [6.45, 7) is 5.95. The van der Waals surface area contributed by atoms with Crippen LogP contribution in [0.4, 0.5) is 5.69 Å². The van der Waals surface area contributed by atoms with Crippen LogP contribution in [0.3, 0.4) is 0 Å². The molecule has 172 valence electrons. The lowest BCUT2D eigenvalue weighted by atomic mass is 10.1. The number of carbonyl (C=O) groups excluding carboxylic acids is 2. The summed E-state index contributed by atoms with van der Waals surface area (Å²) in [4.78, 5) is 25.0. The van der Waals surface area contributed by atoms with Crippen LogP contribution in [-0.4, -0.2) is 50.8 Å². The molecule has 1 atom stereocenters. The summed E-state index contributed by atoms with van der Waals surface area (Å²) in [6.07, 6.45) is 1.30. The fraction of sp³-hybridized carbons (Fsp3) is 0.391. The number of para-hydroxylation sites is 2. The molecule has 0 radical (unpaired) electrons. The Morgan fingerprint density at radius 3 is 2.41 bits per heavy atom. The van der Waals surface area contributed by atoms with Crippen LogP contribution in [0, 0.1) is 20.8 Å². The van der Waals surface area contributed by atoms with Gasteiger partial charge in [-0.1, -0.05) is 29.8 Å². The normalized spacial score (nSPS) is 16.6. The number of rotatable bonds is 6. The molecule has 0 saturated carbocycles. The molecule has 1 unspecified atom stereocenters. The average molecular weight is 460 g/mol. The van der Waals surface area contributed by atoms with E-state index in [-0.39, 0.29) is 6.54 Å². The van der Waals surface area contributed by atoms with Crippen LogP contribution in [0.15, 0.2) is 41.3 Å². The number of nitrogens with one attached hydrogen (secondary N) is 2. The van der Waals surface area contributed by atoms with Crippen LogP contribution in [0.1, 0.15) is 29.5 Å². The highest BCUT2D eigenvalue weighted by molar-refractivity contribution is 7.89.